The van der Waals surface area contributed by atoms with Crippen molar-refractivity contribution in [3.8, 4) is 17.5 Å². The van der Waals surface area contributed by atoms with Gasteiger partial charge in [0.1, 0.15) is 5.82 Å². The second kappa shape index (κ2) is 8.41. The Balaban J connectivity index is 1.48. The van der Waals surface area contributed by atoms with Crippen LogP contribution in [0, 0.1) is 24.2 Å². The summed E-state index contributed by atoms with van der Waals surface area (Å²) in [4.78, 5) is 7.17. The normalized spacial score (nSPS) is 17.4. The topological polar surface area (TPSA) is 44.9 Å². The summed E-state index contributed by atoms with van der Waals surface area (Å²) in [5.74, 6) is 1.66. The first-order chi connectivity index (χ1) is 13.7. The van der Waals surface area contributed by atoms with E-state index in [4.69, 9.17) is 0 Å². The Hall–Kier alpha value is -2.90. The third kappa shape index (κ3) is 4.00. The molecule has 142 valence electrons. The highest BCUT2D eigenvalue weighted by molar-refractivity contribution is 5.55. The summed E-state index contributed by atoms with van der Waals surface area (Å²) in [6, 6.07) is 20.7. The van der Waals surface area contributed by atoms with Gasteiger partial charge in [0.25, 0.3) is 0 Å². The number of aryl methyl sites for hydroxylation is 1. The minimum Gasteiger partial charge on any atom is -0.328 e. The summed E-state index contributed by atoms with van der Waals surface area (Å²) in [5, 5.41) is 9.36. The van der Waals surface area contributed by atoms with Crippen LogP contribution in [0.15, 0.2) is 60.8 Å². The first-order valence-electron chi connectivity index (χ1n) is 10.0. The fourth-order valence-electron chi connectivity index (χ4n) is 4.22. The molecule has 0 spiro atoms. The fraction of sp³-hybridized carbons (Fsp3) is 0.333. The van der Waals surface area contributed by atoms with Gasteiger partial charge in [0.05, 0.1) is 11.6 Å². The lowest BCUT2D eigenvalue weighted by atomic mass is 9.96. The minimum atomic E-state index is 0.596. The molecule has 1 aromatic heterocycles. The van der Waals surface area contributed by atoms with Gasteiger partial charge in [-0.05, 0) is 43.9 Å². The Morgan fingerprint density at radius 3 is 2.71 bits per heavy atom. The second-order valence-electron chi connectivity index (χ2n) is 7.71. The molecule has 28 heavy (non-hydrogen) atoms. The van der Waals surface area contributed by atoms with Gasteiger partial charge in [-0.2, -0.15) is 5.26 Å². The SMILES string of the molecule is Cc1cnc(-c2ccccc2)n1CC1CCCN(Cc2ccccc2C#N)C1. The minimum absolute atomic E-state index is 0.596. The molecule has 3 aromatic rings. The predicted octanol–water partition coefficient (Wildman–Crippen LogP) is 4.64. The fourth-order valence-corrected chi connectivity index (χ4v) is 4.22. The molecule has 0 N–H and O–H groups in total. The van der Waals surface area contributed by atoms with Gasteiger partial charge in [-0.3, -0.25) is 4.90 Å². The van der Waals surface area contributed by atoms with Crippen LogP contribution in [0.5, 0.6) is 0 Å². The number of imidazole rings is 1. The van der Waals surface area contributed by atoms with E-state index < -0.39 is 0 Å². The third-order valence-electron chi connectivity index (χ3n) is 5.66. The number of piperidine rings is 1. The van der Waals surface area contributed by atoms with Crippen molar-refractivity contribution in [3.63, 3.8) is 0 Å². The smallest absolute Gasteiger partial charge is 0.140 e. The van der Waals surface area contributed by atoms with Crippen LogP contribution in [0.3, 0.4) is 0 Å². The molecular weight excluding hydrogens is 344 g/mol. The number of aromatic nitrogens is 2. The van der Waals surface area contributed by atoms with Crippen LogP contribution in [0.25, 0.3) is 11.4 Å². The van der Waals surface area contributed by atoms with Crippen LogP contribution in [0.1, 0.15) is 29.7 Å². The van der Waals surface area contributed by atoms with Crippen LogP contribution in [-0.4, -0.2) is 27.5 Å². The van der Waals surface area contributed by atoms with E-state index in [1.807, 2.05) is 30.5 Å². The van der Waals surface area contributed by atoms with E-state index in [9.17, 15) is 5.26 Å². The molecule has 1 atom stereocenters. The van der Waals surface area contributed by atoms with Crippen LogP contribution >= 0.6 is 0 Å². The van der Waals surface area contributed by atoms with Crippen LogP contribution in [0.4, 0.5) is 0 Å². The molecule has 0 aliphatic carbocycles. The van der Waals surface area contributed by atoms with Gasteiger partial charge in [0.2, 0.25) is 0 Å². The van der Waals surface area contributed by atoms with Crippen molar-refractivity contribution in [2.45, 2.75) is 32.9 Å². The Morgan fingerprint density at radius 2 is 1.89 bits per heavy atom. The standard InChI is InChI=1S/C24H26N4/c1-19-15-26-24(21-9-3-2-4-10-21)28(19)17-20-8-7-13-27(16-20)18-23-12-6-5-11-22(23)14-25/h2-6,9-12,15,20H,7-8,13,16-18H2,1H3. The predicted molar refractivity (Wildman–Crippen MR) is 112 cm³/mol. The maximum atomic E-state index is 9.36. The maximum Gasteiger partial charge on any atom is 0.140 e. The molecule has 1 saturated heterocycles. The first kappa shape index (κ1) is 18.5. The summed E-state index contributed by atoms with van der Waals surface area (Å²) in [7, 11) is 0. The molecule has 2 aromatic carbocycles. The molecule has 0 radical (unpaired) electrons. The quantitative estimate of drug-likeness (QED) is 0.657. The Kier molecular flexibility index (Phi) is 5.55. The highest BCUT2D eigenvalue weighted by Crippen LogP contribution is 2.25. The Bertz CT molecular complexity index is 968. The summed E-state index contributed by atoms with van der Waals surface area (Å²) < 4.78 is 2.37. The van der Waals surface area contributed by atoms with Gasteiger partial charge < -0.3 is 4.57 Å². The highest BCUT2D eigenvalue weighted by Gasteiger charge is 2.22. The zero-order chi connectivity index (χ0) is 19.3. The van der Waals surface area contributed by atoms with Crippen LogP contribution < -0.4 is 0 Å². The van der Waals surface area contributed by atoms with Gasteiger partial charge >= 0.3 is 0 Å². The van der Waals surface area contributed by atoms with Gasteiger partial charge in [0, 0.05) is 37.1 Å². The number of hydrogen-bond acceptors (Lipinski definition) is 3. The van der Waals surface area contributed by atoms with E-state index in [1.54, 1.807) is 0 Å². The lowest BCUT2D eigenvalue weighted by Gasteiger charge is -2.33. The zero-order valence-corrected chi connectivity index (χ0v) is 16.4. The third-order valence-corrected chi connectivity index (χ3v) is 5.66. The van der Waals surface area contributed by atoms with Gasteiger partial charge in [0.15, 0.2) is 0 Å². The Morgan fingerprint density at radius 1 is 1.11 bits per heavy atom. The second-order valence-corrected chi connectivity index (χ2v) is 7.71. The molecule has 1 aliphatic heterocycles. The van der Waals surface area contributed by atoms with Crippen molar-refractivity contribution in [3.05, 3.63) is 77.6 Å². The van der Waals surface area contributed by atoms with Crippen molar-refractivity contribution in [2.75, 3.05) is 13.1 Å². The van der Waals surface area contributed by atoms with Crippen molar-refractivity contribution in [1.82, 2.24) is 14.5 Å². The molecule has 4 rings (SSSR count). The first-order valence-corrected chi connectivity index (χ1v) is 10.0. The summed E-state index contributed by atoms with van der Waals surface area (Å²) in [6.07, 6.45) is 4.42. The van der Waals surface area contributed by atoms with Crippen LogP contribution in [0.2, 0.25) is 0 Å². The van der Waals surface area contributed by atoms with E-state index in [1.165, 1.54) is 24.1 Å². The molecule has 1 aliphatic rings. The molecule has 1 fully saturated rings. The van der Waals surface area contributed by atoms with Crippen molar-refractivity contribution < 1.29 is 0 Å². The molecule has 0 amide bonds. The lowest BCUT2D eigenvalue weighted by Crippen LogP contribution is -2.37. The zero-order valence-electron chi connectivity index (χ0n) is 16.4. The number of nitrogens with zero attached hydrogens (tertiary/aromatic N) is 4. The largest absolute Gasteiger partial charge is 0.328 e. The van der Waals surface area contributed by atoms with Crippen molar-refractivity contribution >= 4 is 0 Å². The monoisotopic (exact) mass is 370 g/mol. The Labute approximate surface area is 167 Å². The van der Waals surface area contributed by atoms with Crippen molar-refractivity contribution in [1.29, 1.82) is 5.26 Å². The maximum absolute atomic E-state index is 9.36. The number of hydrogen-bond donors (Lipinski definition) is 0. The van der Waals surface area contributed by atoms with Gasteiger partial charge in [-0.25, -0.2) is 4.98 Å². The summed E-state index contributed by atoms with van der Waals surface area (Å²) in [6.45, 7) is 6.15. The molecule has 1 unspecified atom stereocenters. The lowest BCUT2D eigenvalue weighted by molar-refractivity contribution is 0.156. The number of rotatable bonds is 5. The van der Waals surface area contributed by atoms with E-state index in [2.05, 4.69) is 57.8 Å². The van der Waals surface area contributed by atoms with E-state index >= 15 is 0 Å². The van der Waals surface area contributed by atoms with Gasteiger partial charge in [-0.15, -0.1) is 0 Å². The molecule has 0 bridgehead atoms. The molecule has 0 saturated carbocycles. The van der Waals surface area contributed by atoms with E-state index in [0.717, 1.165) is 43.1 Å². The highest BCUT2D eigenvalue weighted by atomic mass is 15.1. The number of nitriles is 1. The summed E-state index contributed by atoms with van der Waals surface area (Å²) >= 11 is 0. The average Bonchev–Trinajstić information content (AvgIpc) is 3.10. The summed E-state index contributed by atoms with van der Waals surface area (Å²) in [5.41, 5.74) is 4.31. The molecule has 4 nitrogen and oxygen atoms in total. The van der Waals surface area contributed by atoms with Gasteiger partial charge in [-0.1, -0.05) is 48.5 Å². The van der Waals surface area contributed by atoms with Crippen LogP contribution in [-0.2, 0) is 13.1 Å². The van der Waals surface area contributed by atoms with E-state index in [-0.39, 0.29) is 0 Å². The van der Waals surface area contributed by atoms with Crippen molar-refractivity contribution in [2.24, 2.45) is 5.92 Å². The molecular formula is C24H26N4. The average molecular weight is 371 g/mol. The number of benzene rings is 2. The molecule has 4 heteroatoms. The molecule has 2 heterocycles. The van der Waals surface area contributed by atoms with E-state index in [0.29, 0.717) is 5.92 Å². The number of likely N-dealkylation sites (tertiary alicyclic amines) is 1.